The molecule has 2 aliphatic rings. The lowest BCUT2D eigenvalue weighted by molar-refractivity contribution is -0.125. The highest BCUT2D eigenvalue weighted by atomic mass is 19.1. The summed E-state index contributed by atoms with van der Waals surface area (Å²) in [5.41, 5.74) is 0.241. The molecule has 3 amide bonds. The molecule has 262 valence electrons. The van der Waals surface area contributed by atoms with E-state index in [2.05, 4.69) is 20.9 Å². The van der Waals surface area contributed by atoms with Gasteiger partial charge in [0.2, 0.25) is 11.8 Å². The molecule has 10 heteroatoms. The molecule has 0 saturated heterocycles. The standard InChI is InChI=1S/C39H49FN4O5/c1-24(2)35(46)42-28-15-12-25(13-16-28)18-34(45)43-33-20-29(26-10-8-7-9-11-26)30(21-41-33)27-14-17-31(32(40)19-27)39(22-38(6,48)23-39)44-36(47)49-37(3,4)5/h7-11,14,17,19-21,24-25,28,48H,12-13,15-16,18,22-23H2,1-6H3,(H,42,46)(H,44,47)(H,41,43,45). The monoisotopic (exact) mass is 672 g/mol. The quantitative estimate of drug-likeness (QED) is 0.187. The smallest absolute Gasteiger partial charge is 0.408 e. The summed E-state index contributed by atoms with van der Waals surface area (Å²) in [6.45, 7) is 10.7. The average Bonchev–Trinajstić information content (AvgIpc) is 3.00. The molecule has 0 aliphatic heterocycles. The van der Waals surface area contributed by atoms with Gasteiger partial charge in [0.1, 0.15) is 17.2 Å². The number of hydrogen-bond acceptors (Lipinski definition) is 6. The van der Waals surface area contributed by atoms with Crippen molar-refractivity contribution in [3.05, 3.63) is 72.2 Å². The summed E-state index contributed by atoms with van der Waals surface area (Å²) >= 11 is 0. The average molecular weight is 673 g/mol. The van der Waals surface area contributed by atoms with Crippen molar-refractivity contribution in [2.75, 3.05) is 5.32 Å². The SMILES string of the molecule is CC(C)C(=O)NC1CCC(CC(=O)Nc2cc(-c3ccccc3)c(-c3ccc(C4(NC(=O)OC(C)(C)C)CC(C)(O)C4)c(F)c3)cn2)CC1. The van der Waals surface area contributed by atoms with Gasteiger partial charge in [-0.2, -0.15) is 0 Å². The van der Waals surface area contributed by atoms with Crippen LogP contribution in [0.3, 0.4) is 0 Å². The lowest BCUT2D eigenvalue weighted by Crippen LogP contribution is -2.62. The third-order valence-corrected chi connectivity index (χ3v) is 9.35. The number of halogens is 1. The van der Waals surface area contributed by atoms with Gasteiger partial charge in [-0.3, -0.25) is 9.59 Å². The number of benzene rings is 2. The van der Waals surface area contributed by atoms with Crippen LogP contribution in [0.15, 0.2) is 60.8 Å². The van der Waals surface area contributed by atoms with E-state index < -0.39 is 28.7 Å². The van der Waals surface area contributed by atoms with Crippen LogP contribution in [0.25, 0.3) is 22.3 Å². The third-order valence-electron chi connectivity index (χ3n) is 9.35. The maximum atomic E-state index is 16.1. The number of hydrogen-bond donors (Lipinski definition) is 4. The van der Waals surface area contributed by atoms with E-state index in [1.165, 1.54) is 6.07 Å². The molecule has 1 aromatic heterocycles. The minimum Gasteiger partial charge on any atom is -0.444 e. The molecule has 5 rings (SSSR count). The molecule has 1 heterocycles. The third kappa shape index (κ3) is 9.03. The van der Waals surface area contributed by atoms with Crippen molar-refractivity contribution in [1.82, 2.24) is 15.6 Å². The molecule has 9 nitrogen and oxygen atoms in total. The number of pyridine rings is 1. The second kappa shape index (κ2) is 14.3. The molecule has 0 radical (unpaired) electrons. The van der Waals surface area contributed by atoms with Crippen molar-refractivity contribution >= 4 is 23.7 Å². The molecule has 2 aromatic carbocycles. The lowest BCUT2D eigenvalue weighted by Gasteiger charge is -2.52. The minimum absolute atomic E-state index is 0.0483. The van der Waals surface area contributed by atoms with Crippen LogP contribution >= 0.6 is 0 Å². The fourth-order valence-corrected chi connectivity index (χ4v) is 7.11. The van der Waals surface area contributed by atoms with Crippen LogP contribution in [0, 0.1) is 17.7 Å². The highest BCUT2D eigenvalue weighted by molar-refractivity contribution is 5.92. The van der Waals surface area contributed by atoms with Crippen LogP contribution in [0.5, 0.6) is 0 Å². The Bertz CT molecular complexity index is 1670. The van der Waals surface area contributed by atoms with Gasteiger partial charge < -0.3 is 25.8 Å². The Morgan fingerprint density at radius 1 is 0.980 bits per heavy atom. The van der Waals surface area contributed by atoms with Gasteiger partial charge in [0.15, 0.2) is 0 Å². The van der Waals surface area contributed by atoms with Gasteiger partial charge in [-0.1, -0.05) is 56.3 Å². The van der Waals surface area contributed by atoms with E-state index in [4.69, 9.17) is 4.74 Å². The zero-order valence-corrected chi connectivity index (χ0v) is 29.4. The summed E-state index contributed by atoms with van der Waals surface area (Å²) in [4.78, 5) is 42.5. The van der Waals surface area contributed by atoms with Gasteiger partial charge in [-0.15, -0.1) is 0 Å². The largest absolute Gasteiger partial charge is 0.444 e. The molecule has 0 unspecified atom stereocenters. The van der Waals surface area contributed by atoms with Crippen molar-refractivity contribution in [3.63, 3.8) is 0 Å². The van der Waals surface area contributed by atoms with Gasteiger partial charge in [0.05, 0.1) is 11.1 Å². The number of nitrogens with one attached hydrogen (secondary N) is 3. The van der Waals surface area contributed by atoms with E-state index >= 15 is 4.39 Å². The van der Waals surface area contributed by atoms with E-state index in [1.807, 2.05) is 44.2 Å². The lowest BCUT2D eigenvalue weighted by atomic mass is 9.62. The summed E-state index contributed by atoms with van der Waals surface area (Å²) in [5, 5.41) is 19.5. The van der Waals surface area contributed by atoms with Crippen molar-refractivity contribution in [3.8, 4) is 22.3 Å². The molecule has 3 aromatic rings. The van der Waals surface area contributed by atoms with Crippen LogP contribution in [0.4, 0.5) is 15.0 Å². The predicted octanol–water partition coefficient (Wildman–Crippen LogP) is 7.48. The molecular formula is C39H49FN4O5. The fraction of sp³-hybridized carbons (Fsp3) is 0.487. The van der Waals surface area contributed by atoms with E-state index in [0.717, 1.165) is 36.8 Å². The molecule has 2 saturated carbocycles. The molecule has 0 bridgehead atoms. The number of nitrogens with zero attached hydrogens (tertiary/aromatic N) is 1. The van der Waals surface area contributed by atoms with Crippen LogP contribution < -0.4 is 16.0 Å². The van der Waals surface area contributed by atoms with Gasteiger partial charge in [0.25, 0.3) is 0 Å². The summed E-state index contributed by atoms with van der Waals surface area (Å²) in [7, 11) is 0. The molecule has 49 heavy (non-hydrogen) atoms. The first kappa shape index (κ1) is 36.0. The Morgan fingerprint density at radius 3 is 2.24 bits per heavy atom. The number of aromatic nitrogens is 1. The molecule has 4 N–H and O–H groups in total. The van der Waals surface area contributed by atoms with Crippen molar-refractivity contribution in [2.45, 2.75) is 109 Å². The topological polar surface area (TPSA) is 130 Å². The van der Waals surface area contributed by atoms with Gasteiger partial charge in [0, 0.05) is 48.5 Å². The normalized spacial score (nSPS) is 23.7. The van der Waals surface area contributed by atoms with E-state index in [9.17, 15) is 19.5 Å². The zero-order chi connectivity index (χ0) is 35.6. The zero-order valence-electron chi connectivity index (χ0n) is 29.4. The van der Waals surface area contributed by atoms with Gasteiger partial charge in [-0.25, -0.2) is 14.2 Å². The highest BCUT2D eigenvalue weighted by Gasteiger charge is 2.54. The van der Waals surface area contributed by atoms with Gasteiger partial charge >= 0.3 is 6.09 Å². The van der Waals surface area contributed by atoms with Crippen molar-refractivity contribution < 1.29 is 28.6 Å². The Kier molecular flexibility index (Phi) is 10.5. The van der Waals surface area contributed by atoms with E-state index in [0.29, 0.717) is 23.4 Å². The maximum Gasteiger partial charge on any atom is 0.408 e. The first-order valence-corrected chi connectivity index (χ1v) is 17.2. The number of carbonyl (C=O) groups is 3. The number of rotatable bonds is 9. The summed E-state index contributed by atoms with van der Waals surface area (Å²) < 4.78 is 21.5. The second-order valence-electron chi connectivity index (χ2n) is 15.4. The first-order chi connectivity index (χ1) is 23.0. The molecular weight excluding hydrogens is 623 g/mol. The number of alkyl carbamates (subject to hydrolysis) is 1. The maximum absolute atomic E-state index is 16.1. The molecule has 0 spiro atoms. The summed E-state index contributed by atoms with van der Waals surface area (Å²) in [5.74, 6) is -0.000536. The fourth-order valence-electron chi connectivity index (χ4n) is 7.11. The Hall–Kier alpha value is -4.31. The number of aliphatic hydroxyl groups is 1. The number of amides is 3. The predicted molar refractivity (Wildman–Crippen MR) is 188 cm³/mol. The highest BCUT2D eigenvalue weighted by Crippen LogP contribution is 2.49. The number of ether oxygens (including phenoxy) is 1. The van der Waals surface area contributed by atoms with E-state index in [-0.39, 0.29) is 48.1 Å². The van der Waals surface area contributed by atoms with Crippen LogP contribution in [-0.2, 0) is 19.9 Å². The van der Waals surface area contributed by atoms with Crippen LogP contribution in [-0.4, -0.2) is 45.2 Å². The number of anilines is 1. The Balaban J connectivity index is 1.34. The van der Waals surface area contributed by atoms with Crippen LogP contribution in [0.1, 0.15) is 92.1 Å². The van der Waals surface area contributed by atoms with Crippen molar-refractivity contribution in [1.29, 1.82) is 0 Å². The van der Waals surface area contributed by atoms with Crippen molar-refractivity contribution in [2.24, 2.45) is 11.8 Å². The minimum atomic E-state index is -1.12. The molecule has 2 aliphatic carbocycles. The summed E-state index contributed by atoms with van der Waals surface area (Å²) in [6, 6.07) is 16.4. The summed E-state index contributed by atoms with van der Waals surface area (Å²) in [6.07, 6.45) is 5.04. The Morgan fingerprint density at radius 2 is 1.65 bits per heavy atom. The van der Waals surface area contributed by atoms with Crippen LogP contribution in [0.2, 0.25) is 0 Å². The van der Waals surface area contributed by atoms with E-state index in [1.54, 1.807) is 52.1 Å². The van der Waals surface area contributed by atoms with Gasteiger partial charge in [-0.05, 0) is 88.1 Å². The Labute approximate surface area is 288 Å². The number of carbonyl (C=O) groups excluding carboxylic acids is 3. The first-order valence-electron chi connectivity index (χ1n) is 17.2. The molecule has 0 atom stereocenters. The second-order valence-corrected chi connectivity index (χ2v) is 15.4. The molecule has 2 fully saturated rings.